The highest BCUT2D eigenvalue weighted by molar-refractivity contribution is 6.02. The molecule has 0 atom stereocenters. The van der Waals surface area contributed by atoms with Crippen LogP contribution in [0.3, 0.4) is 0 Å². The molecule has 0 spiro atoms. The lowest BCUT2D eigenvalue weighted by molar-refractivity contribution is -0.132. The van der Waals surface area contributed by atoms with E-state index in [0.29, 0.717) is 34.8 Å². The van der Waals surface area contributed by atoms with Crippen molar-refractivity contribution in [1.29, 1.82) is 0 Å². The van der Waals surface area contributed by atoms with Gasteiger partial charge in [0.15, 0.2) is 11.5 Å². The number of amides is 1. The summed E-state index contributed by atoms with van der Waals surface area (Å²) < 4.78 is 25.2. The van der Waals surface area contributed by atoms with E-state index in [4.69, 9.17) is 9.47 Å². The van der Waals surface area contributed by atoms with Gasteiger partial charge >= 0.3 is 5.97 Å². The van der Waals surface area contributed by atoms with Crippen molar-refractivity contribution in [2.75, 3.05) is 6.61 Å². The summed E-state index contributed by atoms with van der Waals surface area (Å²) in [6.07, 6.45) is 1.33. The molecular formula is C25H22FNO5. The van der Waals surface area contributed by atoms with Crippen LogP contribution in [-0.4, -0.2) is 23.6 Å². The van der Waals surface area contributed by atoms with Crippen LogP contribution in [0.15, 0.2) is 78.5 Å². The number of halogens is 1. The Hall–Kier alpha value is -4.13. The molecule has 1 amide bonds. The van der Waals surface area contributed by atoms with E-state index in [9.17, 15) is 19.1 Å². The summed E-state index contributed by atoms with van der Waals surface area (Å²) in [5, 5.41) is 11.9. The molecule has 3 rings (SSSR count). The third-order valence-corrected chi connectivity index (χ3v) is 4.43. The molecule has 0 aliphatic rings. The molecule has 32 heavy (non-hydrogen) atoms. The first-order valence-electron chi connectivity index (χ1n) is 9.92. The van der Waals surface area contributed by atoms with Gasteiger partial charge in [0, 0.05) is 11.1 Å². The molecule has 3 aromatic rings. The third kappa shape index (κ3) is 5.95. The molecule has 0 radical (unpaired) electrons. The summed E-state index contributed by atoms with van der Waals surface area (Å²) in [5.74, 6) is -1.43. The number of carboxylic acids is 1. The van der Waals surface area contributed by atoms with Crippen LogP contribution >= 0.6 is 0 Å². The van der Waals surface area contributed by atoms with Crippen molar-refractivity contribution in [2.24, 2.45) is 0 Å². The second-order valence-electron chi connectivity index (χ2n) is 6.70. The lowest BCUT2D eigenvalue weighted by Crippen LogP contribution is -2.27. The van der Waals surface area contributed by atoms with E-state index in [1.165, 1.54) is 12.1 Å². The Kier molecular flexibility index (Phi) is 7.59. The molecule has 2 N–H and O–H groups in total. The maximum Gasteiger partial charge on any atom is 0.352 e. The Labute approximate surface area is 184 Å². The first kappa shape index (κ1) is 22.6. The highest BCUT2D eigenvalue weighted by Gasteiger charge is 2.14. The number of aliphatic carboxylic acids is 1. The normalized spacial score (nSPS) is 11.0. The molecule has 0 aromatic heterocycles. The van der Waals surface area contributed by atoms with Crippen molar-refractivity contribution in [1.82, 2.24) is 5.32 Å². The van der Waals surface area contributed by atoms with Gasteiger partial charge in [-0.25, -0.2) is 9.18 Å². The molecule has 3 aromatic carbocycles. The van der Waals surface area contributed by atoms with E-state index in [2.05, 4.69) is 5.32 Å². The van der Waals surface area contributed by atoms with Crippen LogP contribution in [0.2, 0.25) is 0 Å². The maximum atomic E-state index is 13.8. The molecule has 0 heterocycles. The van der Waals surface area contributed by atoms with Gasteiger partial charge in [-0.05, 0) is 48.9 Å². The number of hydrogen-bond donors (Lipinski definition) is 2. The van der Waals surface area contributed by atoms with Crippen LogP contribution in [0.4, 0.5) is 4.39 Å². The molecular weight excluding hydrogens is 413 g/mol. The van der Waals surface area contributed by atoms with E-state index in [-0.39, 0.29) is 18.1 Å². The number of benzene rings is 3. The number of carboxylic acid groups (broad SMARTS) is 1. The lowest BCUT2D eigenvalue weighted by Gasteiger charge is -2.13. The topological polar surface area (TPSA) is 84.9 Å². The number of rotatable bonds is 9. The molecule has 0 aliphatic heterocycles. The Morgan fingerprint density at radius 3 is 2.38 bits per heavy atom. The molecule has 164 valence electrons. The van der Waals surface area contributed by atoms with Gasteiger partial charge in [0.2, 0.25) is 0 Å². The lowest BCUT2D eigenvalue weighted by atomic mass is 10.1. The Bertz CT molecular complexity index is 1130. The van der Waals surface area contributed by atoms with Gasteiger partial charge in [0.1, 0.15) is 18.1 Å². The minimum absolute atomic E-state index is 0.00937. The molecule has 7 heteroatoms. The van der Waals surface area contributed by atoms with Gasteiger partial charge in [-0.3, -0.25) is 4.79 Å². The molecule has 0 saturated carbocycles. The van der Waals surface area contributed by atoms with Crippen molar-refractivity contribution in [3.05, 3.63) is 101 Å². The van der Waals surface area contributed by atoms with E-state index in [1.807, 2.05) is 0 Å². The number of hydrogen-bond acceptors (Lipinski definition) is 4. The van der Waals surface area contributed by atoms with Crippen LogP contribution in [0.5, 0.6) is 11.5 Å². The van der Waals surface area contributed by atoms with Gasteiger partial charge in [0.25, 0.3) is 5.91 Å². The number of nitrogens with one attached hydrogen (secondary N) is 1. The maximum absolute atomic E-state index is 13.8. The molecule has 6 nitrogen and oxygen atoms in total. The Morgan fingerprint density at radius 2 is 1.69 bits per heavy atom. The Balaban J connectivity index is 1.81. The van der Waals surface area contributed by atoms with Gasteiger partial charge in [-0.15, -0.1) is 0 Å². The zero-order valence-corrected chi connectivity index (χ0v) is 17.4. The summed E-state index contributed by atoms with van der Waals surface area (Å²) in [6.45, 7) is 2.15. The van der Waals surface area contributed by atoms with E-state index in [1.54, 1.807) is 73.7 Å². The largest absolute Gasteiger partial charge is 0.490 e. The highest BCUT2D eigenvalue weighted by Crippen LogP contribution is 2.30. The van der Waals surface area contributed by atoms with E-state index in [0.717, 1.165) is 0 Å². The number of carbonyl (C=O) groups is 2. The molecule has 0 bridgehead atoms. The minimum atomic E-state index is -1.29. The average molecular weight is 435 g/mol. The predicted octanol–water partition coefficient (Wildman–Crippen LogP) is 4.66. The highest BCUT2D eigenvalue weighted by atomic mass is 19.1. The molecule has 0 fully saturated rings. The van der Waals surface area contributed by atoms with Crippen molar-refractivity contribution in [3.8, 4) is 11.5 Å². The second kappa shape index (κ2) is 10.8. The van der Waals surface area contributed by atoms with E-state index >= 15 is 0 Å². The number of ether oxygens (including phenoxy) is 2. The van der Waals surface area contributed by atoms with Gasteiger partial charge in [-0.1, -0.05) is 42.5 Å². The predicted molar refractivity (Wildman–Crippen MR) is 118 cm³/mol. The number of carbonyl (C=O) groups excluding carboxylic acids is 1. The fourth-order valence-corrected chi connectivity index (χ4v) is 2.87. The zero-order chi connectivity index (χ0) is 22.9. The monoisotopic (exact) mass is 435 g/mol. The standard InChI is InChI=1S/C25H22FNO5/c1-2-31-23-15-17(12-13-22(23)32-16-19-10-6-7-11-20(19)26)14-21(25(29)30)27-24(28)18-8-4-3-5-9-18/h3-15H,2,16H2,1H3,(H,27,28)(H,29,30)/b21-14+. The zero-order valence-electron chi connectivity index (χ0n) is 17.4. The fraction of sp³-hybridized carbons (Fsp3) is 0.120. The molecule has 0 saturated heterocycles. The van der Waals surface area contributed by atoms with Crippen LogP contribution in [0.25, 0.3) is 6.08 Å². The summed E-state index contributed by atoms with van der Waals surface area (Å²) >= 11 is 0. The van der Waals surface area contributed by atoms with Gasteiger partial charge < -0.3 is 19.9 Å². The summed E-state index contributed by atoms with van der Waals surface area (Å²) in [4.78, 5) is 24.0. The summed E-state index contributed by atoms with van der Waals surface area (Å²) in [5.41, 5.74) is 0.932. The third-order valence-electron chi connectivity index (χ3n) is 4.43. The van der Waals surface area contributed by atoms with Gasteiger partial charge in [0.05, 0.1) is 6.61 Å². The van der Waals surface area contributed by atoms with Crippen LogP contribution in [-0.2, 0) is 11.4 Å². The van der Waals surface area contributed by atoms with Crippen LogP contribution in [0, 0.1) is 5.82 Å². The molecule has 0 aliphatic carbocycles. The SMILES string of the molecule is CCOc1cc(/C=C(/NC(=O)c2ccccc2)C(=O)O)ccc1OCc1ccccc1F. The summed E-state index contributed by atoms with van der Waals surface area (Å²) in [7, 11) is 0. The van der Waals surface area contributed by atoms with Crippen LogP contribution in [0.1, 0.15) is 28.4 Å². The second-order valence-corrected chi connectivity index (χ2v) is 6.70. The smallest absolute Gasteiger partial charge is 0.352 e. The van der Waals surface area contributed by atoms with Gasteiger partial charge in [-0.2, -0.15) is 0 Å². The van der Waals surface area contributed by atoms with Crippen molar-refractivity contribution in [3.63, 3.8) is 0 Å². The van der Waals surface area contributed by atoms with Crippen LogP contribution < -0.4 is 14.8 Å². The van der Waals surface area contributed by atoms with Crippen molar-refractivity contribution >= 4 is 18.0 Å². The Morgan fingerprint density at radius 1 is 0.969 bits per heavy atom. The van der Waals surface area contributed by atoms with Crippen molar-refractivity contribution < 1.29 is 28.6 Å². The first-order chi connectivity index (χ1) is 15.5. The average Bonchev–Trinajstić information content (AvgIpc) is 2.79. The summed E-state index contributed by atoms with van der Waals surface area (Å²) in [6, 6.07) is 19.4. The fourth-order valence-electron chi connectivity index (χ4n) is 2.87. The van der Waals surface area contributed by atoms with E-state index < -0.39 is 11.9 Å². The molecule has 0 unspecified atom stereocenters. The minimum Gasteiger partial charge on any atom is -0.490 e. The first-order valence-corrected chi connectivity index (χ1v) is 9.92. The quantitative estimate of drug-likeness (QED) is 0.478. The van der Waals surface area contributed by atoms with Crippen molar-refractivity contribution in [2.45, 2.75) is 13.5 Å².